The number of fused-ring (bicyclic) bond motifs is 1. The molecule has 2 aromatic rings. The number of rotatable bonds is 1. The van der Waals surface area contributed by atoms with Crippen LogP contribution in [-0.2, 0) is 4.79 Å². The summed E-state index contributed by atoms with van der Waals surface area (Å²) < 4.78 is 1.08. The van der Waals surface area contributed by atoms with Crippen LogP contribution in [0.25, 0.3) is 10.2 Å². The number of hydrogen-bond acceptors (Lipinski definition) is 4. The van der Waals surface area contributed by atoms with Gasteiger partial charge in [0.25, 0.3) is 0 Å². The molecule has 1 unspecified atom stereocenters. The minimum Gasteiger partial charge on any atom is -0.391 e. The molecule has 1 N–H and O–H groups in total. The Morgan fingerprint density at radius 3 is 3.00 bits per heavy atom. The molecular weight excluding hydrogens is 236 g/mol. The lowest BCUT2D eigenvalue weighted by Gasteiger charge is -2.10. The molecule has 1 amide bonds. The largest absolute Gasteiger partial charge is 0.391 e. The molecule has 5 heteroatoms. The number of hydrogen-bond donors (Lipinski definition) is 1. The van der Waals surface area contributed by atoms with Crippen molar-refractivity contribution in [2.24, 2.45) is 0 Å². The van der Waals surface area contributed by atoms with Gasteiger partial charge in [-0.2, -0.15) is 0 Å². The smallest absolute Gasteiger partial charge is 0.231 e. The highest BCUT2D eigenvalue weighted by molar-refractivity contribution is 7.22. The lowest BCUT2D eigenvalue weighted by atomic mass is 10.2. The summed E-state index contributed by atoms with van der Waals surface area (Å²) in [6, 6.07) is 5.99. The summed E-state index contributed by atoms with van der Waals surface area (Å²) >= 11 is 1.50. The first kappa shape index (κ1) is 10.7. The summed E-state index contributed by atoms with van der Waals surface area (Å²) in [5.41, 5.74) is 2.05. The summed E-state index contributed by atoms with van der Waals surface area (Å²) in [4.78, 5) is 17.7. The van der Waals surface area contributed by atoms with E-state index in [1.807, 2.05) is 25.1 Å². The van der Waals surface area contributed by atoms with Crippen LogP contribution in [0.4, 0.5) is 5.13 Å². The van der Waals surface area contributed by atoms with Crippen molar-refractivity contribution in [2.45, 2.75) is 19.4 Å². The predicted octanol–water partition coefficient (Wildman–Crippen LogP) is 1.70. The summed E-state index contributed by atoms with van der Waals surface area (Å²) in [5, 5.41) is 10.2. The number of para-hydroxylation sites is 1. The van der Waals surface area contributed by atoms with E-state index >= 15 is 0 Å². The number of amides is 1. The van der Waals surface area contributed by atoms with Crippen molar-refractivity contribution in [3.05, 3.63) is 23.8 Å². The zero-order chi connectivity index (χ0) is 12.0. The first-order valence-electron chi connectivity index (χ1n) is 5.50. The molecule has 1 aromatic heterocycles. The van der Waals surface area contributed by atoms with Gasteiger partial charge in [-0.05, 0) is 18.6 Å². The molecule has 1 aromatic carbocycles. The van der Waals surface area contributed by atoms with Crippen LogP contribution in [0.3, 0.4) is 0 Å². The third-order valence-corrected chi connectivity index (χ3v) is 3.99. The summed E-state index contributed by atoms with van der Waals surface area (Å²) in [5.74, 6) is -0.0470. The van der Waals surface area contributed by atoms with Gasteiger partial charge in [-0.25, -0.2) is 4.98 Å². The number of aromatic nitrogens is 1. The summed E-state index contributed by atoms with van der Waals surface area (Å²) in [7, 11) is 0. The Bertz CT molecular complexity index is 593. The van der Waals surface area contributed by atoms with Crippen LogP contribution >= 0.6 is 11.3 Å². The van der Waals surface area contributed by atoms with Gasteiger partial charge in [-0.1, -0.05) is 23.5 Å². The topological polar surface area (TPSA) is 53.4 Å². The molecule has 0 spiro atoms. The van der Waals surface area contributed by atoms with Gasteiger partial charge in [-0.15, -0.1) is 0 Å². The van der Waals surface area contributed by atoms with Crippen molar-refractivity contribution in [2.75, 3.05) is 11.4 Å². The first-order chi connectivity index (χ1) is 8.15. The molecule has 0 saturated carbocycles. The van der Waals surface area contributed by atoms with E-state index < -0.39 is 6.10 Å². The molecule has 17 heavy (non-hydrogen) atoms. The van der Waals surface area contributed by atoms with Gasteiger partial charge < -0.3 is 5.11 Å². The minimum absolute atomic E-state index is 0.0470. The number of thiazole rings is 1. The van der Waals surface area contributed by atoms with Gasteiger partial charge in [0, 0.05) is 0 Å². The second-order valence-electron chi connectivity index (χ2n) is 4.28. The molecular formula is C12H12N2O2S. The fourth-order valence-electron chi connectivity index (χ4n) is 2.06. The molecule has 0 aliphatic carbocycles. The number of carbonyl (C=O) groups excluding carboxylic acids is 1. The number of aliphatic hydroxyl groups is 1. The molecule has 88 valence electrons. The van der Waals surface area contributed by atoms with Crippen molar-refractivity contribution in [1.82, 2.24) is 4.98 Å². The summed E-state index contributed by atoms with van der Waals surface area (Å²) in [6.07, 6.45) is -0.356. The Labute approximate surface area is 103 Å². The maximum Gasteiger partial charge on any atom is 0.231 e. The van der Waals surface area contributed by atoms with Crippen LogP contribution in [0, 0.1) is 6.92 Å². The predicted molar refractivity (Wildman–Crippen MR) is 67.3 cm³/mol. The quantitative estimate of drug-likeness (QED) is 0.835. The van der Waals surface area contributed by atoms with E-state index in [-0.39, 0.29) is 12.3 Å². The van der Waals surface area contributed by atoms with Crippen molar-refractivity contribution in [3.63, 3.8) is 0 Å². The molecule has 3 rings (SSSR count). The molecule has 2 heterocycles. The molecule has 1 atom stereocenters. The van der Waals surface area contributed by atoms with E-state index in [4.69, 9.17) is 0 Å². The lowest BCUT2D eigenvalue weighted by molar-refractivity contribution is -0.117. The lowest BCUT2D eigenvalue weighted by Crippen LogP contribution is -2.24. The Morgan fingerprint density at radius 2 is 2.35 bits per heavy atom. The normalized spacial score (nSPS) is 20.5. The Balaban J connectivity index is 2.07. The van der Waals surface area contributed by atoms with E-state index in [0.717, 1.165) is 15.8 Å². The standard InChI is InChI=1S/C12H12N2O2S/c1-7-3-2-4-9-11(7)13-12(17-9)14-6-8(15)5-10(14)16/h2-4,8,15H,5-6H2,1H3. The number of anilines is 1. The van der Waals surface area contributed by atoms with Gasteiger partial charge >= 0.3 is 0 Å². The monoisotopic (exact) mass is 248 g/mol. The molecule has 0 radical (unpaired) electrons. The number of nitrogens with zero attached hydrogens (tertiary/aromatic N) is 2. The van der Waals surface area contributed by atoms with E-state index in [9.17, 15) is 9.90 Å². The average Bonchev–Trinajstić information content (AvgIpc) is 2.82. The summed E-state index contributed by atoms with van der Waals surface area (Å²) in [6.45, 7) is 2.37. The van der Waals surface area contributed by atoms with Crippen LogP contribution < -0.4 is 4.90 Å². The van der Waals surface area contributed by atoms with E-state index in [1.165, 1.54) is 11.3 Å². The van der Waals surface area contributed by atoms with Crippen LogP contribution in [0.1, 0.15) is 12.0 Å². The van der Waals surface area contributed by atoms with E-state index in [2.05, 4.69) is 4.98 Å². The zero-order valence-corrected chi connectivity index (χ0v) is 10.2. The molecule has 1 aliphatic rings. The number of carbonyl (C=O) groups is 1. The van der Waals surface area contributed by atoms with Crippen LogP contribution in [0.2, 0.25) is 0 Å². The van der Waals surface area contributed by atoms with Crippen LogP contribution in [-0.4, -0.2) is 28.6 Å². The van der Waals surface area contributed by atoms with Crippen LogP contribution in [0.15, 0.2) is 18.2 Å². The van der Waals surface area contributed by atoms with Gasteiger partial charge in [0.15, 0.2) is 5.13 Å². The van der Waals surface area contributed by atoms with E-state index in [1.54, 1.807) is 4.90 Å². The van der Waals surface area contributed by atoms with Crippen LogP contribution in [0.5, 0.6) is 0 Å². The Kier molecular flexibility index (Phi) is 2.38. The highest BCUT2D eigenvalue weighted by atomic mass is 32.1. The minimum atomic E-state index is -0.560. The fourth-order valence-corrected chi connectivity index (χ4v) is 3.13. The molecule has 1 aliphatic heterocycles. The zero-order valence-electron chi connectivity index (χ0n) is 9.38. The van der Waals surface area contributed by atoms with E-state index in [0.29, 0.717) is 11.7 Å². The highest BCUT2D eigenvalue weighted by Crippen LogP contribution is 2.32. The molecule has 1 saturated heterocycles. The number of aliphatic hydroxyl groups excluding tert-OH is 1. The molecule has 1 fully saturated rings. The van der Waals surface area contributed by atoms with Gasteiger partial charge in [0.1, 0.15) is 0 Å². The van der Waals surface area contributed by atoms with Gasteiger partial charge in [0.05, 0.1) is 29.3 Å². The Morgan fingerprint density at radius 1 is 1.53 bits per heavy atom. The second kappa shape index (κ2) is 3.78. The van der Waals surface area contributed by atoms with Gasteiger partial charge in [-0.3, -0.25) is 9.69 Å². The maximum atomic E-state index is 11.7. The highest BCUT2D eigenvalue weighted by Gasteiger charge is 2.31. The number of aryl methyl sites for hydroxylation is 1. The van der Waals surface area contributed by atoms with Crippen molar-refractivity contribution >= 4 is 32.6 Å². The third kappa shape index (κ3) is 1.71. The average molecular weight is 248 g/mol. The Hall–Kier alpha value is -1.46. The molecule has 4 nitrogen and oxygen atoms in total. The van der Waals surface area contributed by atoms with Crippen molar-refractivity contribution < 1.29 is 9.90 Å². The third-order valence-electron chi connectivity index (χ3n) is 2.94. The maximum absolute atomic E-state index is 11.7. The SMILES string of the molecule is Cc1cccc2sc(N3CC(O)CC3=O)nc12. The number of β-amino-alcohol motifs (C(OH)–C–C–N with tert-alkyl or cyclic N) is 1. The van der Waals surface area contributed by atoms with Crippen molar-refractivity contribution in [3.8, 4) is 0 Å². The first-order valence-corrected chi connectivity index (χ1v) is 6.31. The number of benzene rings is 1. The van der Waals surface area contributed by atoms with Crippen molar-refractivity contribution in [1.29, 1.82) is 0 Å². The fraction of sp³-hybridized carbons (Fsp3) is 0.333. The second-order valence-corrected chi connectivity index (χ2v) is 5.29. The molecule has 0 bridgehead atoms. The van der Waals surface area contributed by atoms with Gasteiger partial charge in [0.2, 0.25) is 5.91 Å².